The van der Waals surface area contributed by atoms with Gasteiger partial charge < -0.3 is 0 Å². The summed E-state index contributed by atoms with van der Waals surface area (Å²) in [5.74, 6) is 0. The standard InChI is InChI=1S/C7H17O3PS.B/c1-7(2)11(3)6-5-10-12(4,8)9;/h7H,5-6H2,1-4H3;/t11-;/m0./s1. The highest BCUT2D eigenvalue weighted by atomic mass is 32.2. The lowest BCUT2D eigenvalue weighted by molar-refractivity contribution is 0.344. The molecule has 0 aliphatic carbocycles. The van der Waals surface area contributed by atoms with Gasteiger partial charge in [0, 0.05) is 8.41 Å². The molecule has 1 atom stereocenters. The fourth-order valence-corrected chi connectivity index (χ4v) is 2.00. The third-order valence-corrected chi connectivity index (χ3v) is 4.87. The lowest BCUT2D eigenvalue weighted by Gasteiger charge is -2.15. The molecule has 0 aromatic heterocycles. The molecule has 0 saturated heterocycles. The van der Waals surface area contributed by atoms with Crippen LogP contribution in [0.15, 0.2) is 0 Å². The molecule has 0 fully saturated rings. The molecule has 0 aromatic carbocycles. The summed E-state index contributed by atoms with van der Waals surface area (Å²) in [7, 11) is -3.32. The summed E-state index contributed by atoms with van der Waals surface area (Å²) in [6.07, 6.45) is 1.94. The van der Waals surface area contributed by atoms with E-state index in [1.165, 1.54) is 0 Å². The first kappa shape index (κ1) is 15.9. The minimum absolute atomic E-state index is 0. The van der Waals surface area contributed by atoms with E-state index in [1.807, 2.05) is 0 Å². The van der Waals surface area contributed by atoms with E-state index in [2.05, 4.69) is 24.7 Å². The lowest BCUT2D eigenvalue weighted by atomic mass is 10.6. The van der Waals surface area contributed by atoms with Gasteiger partial charge in [0.05, 0.1) is 12.9 Å². The third-order valence-electron chi connectivity index (χ3n) is 1.62. The Hall–Kier alpha value is 0.405. The van der Waals surface area contributed by atoms with Gasteiger partial charge in [-0.2, -0.15) is 8.42 Å². The molecule has 3 radical (unpaired) electrons. The van der Waals surface area contributed by atoms with E-state index in [-0.39, 0.29) is 16.3 Å². The van der Waals surface area contributed by atoms with Crippen molar-refractivity contribution < 1.29 is 12.6 Å². The maximum atomic E-state index is 10.6. The van der Waals surface area contributed by atoms with Gasteiger partial charge >= 0.3 is 0 Å². The minimum atomic E-state index is -3.24. The third kappa shape index (κ3) is 10.3. The maximum absolute atomic E-state index is 10.6. The van der Waals surface area contributed by atoms with Crippen LogP contribution in [0, 0.1) is 0 Å². The lowest BCUT2D eigenvalue weighted by Crippen LogP contribution is -2.08. The molecule has 0 amide bonds. The smallest absolute Gasteiger partial charge is 0.264 e. The summed E-state index contributed by atoms with van der Waals surface area (Å²) >= 11 is 0. The van der Waals surface area contributed by atoms with Gasteiger partial charge in [-0.3, -0.25) is 4.18 Å². The number of hydrogen-bond donors (Lipinski definition) is 0. The van der Waals surface area contributed by atoms with Crippen LogP contribution in [0.25, 0.3) is 0 Å². The largest absolute Gasteiger partial charge is 0.270 e. The second-order valence-corrected chi connectivity index (χ2v) is 7.74. The van der Waals surface area contributed by atoms with Crippen LogP contribution >= 0.6 is 7.92 Å². The van der Waals surface area contributed by atoms with Crippen molar-refractivity contribution in [1.29, 1.82) is 0 Å². The normalized spacial score (nSPS) is 13.9. The predicted molar refractivity (Wildman–Crippen MR) is 59.4 cm³/mol. The van der Waals surface area contributed by atoms with Crippen molar-refractivity contribution in [3.63, 3.8) is 0 Å². The first-order valence-corrected chi connectivity index (χ1v) is 7.73. The zero-order valence-electron chi connectivity index (χ0n) is 8.65. The summed E-state index contributed by atoms with van der Waals surface area (Å²) in [5.41, 5.74) is 0.642. The summed E-state index contributed by atoms with van der Waals surface area (Å²) in [5, 5.41) is 0. The Morgan fingerprint density at radius 3 is 2.15 bits per heavy atom. The van der Waals surface area contributed by atoms with Crippen LogP contribution in [0.1, 0.15) is 13.8 Å². The van der Waals surface area contributed by atoms with E-state index in [1.54, 1.807) is 0 Å². The van der Waals surface area contributed by atoms with Crippen LogP contribution in [0.2, 0.25) is 0 Å². The molecule has 0 spiro atoms. The first-order valence-electron chi connectivity index (χ1n) is 3.87. The fraction of sp³-hybridized carbons (Fsp3) is 1.00. The zero-order valence-corrected chi connectivity index (χ0v) is 10.4. The SMILES string of the molecule is CC(C)[P@@](C)CCOS(C)(=O)=O.[B]. The Bertz CT molecular complexity index is 216. The van der Waals surface area contributed by atoms with Crippen molar-refractivity contribution in [3.05, 3.63) is 0 Å². The highest BCUT2D eigenvalue weighted by Gasteiger charge is 2.07. The van der Waals surface area contributed by atoms with Gasteiger partial charge in [-0.05, 0) is 18.5 Å². The molecule has 0 aliphatic rings. The molecule has 0 aromatic rings. The van der Waals surface area contributed by atoms with Crippen LogP contribution in [-0.4, -0.2) is 48.2 Å². The van der Waals surface area contributed by atoms with Gasteiger partial charge in [0.1, 0.15) is 0 Å². The highest BCUT2D eigenvalue weighted by Crippen LogP contribution is 2.35. The van der Waals surface area contributed by atoms with E-state index in [4.69, 9.17) is 0 Å². The number of rotatable bonds is 5. The van der Waals surface area contributed by atoms with Gasteiger partial charge in [-0.25, -0.2) is 0 Å². The Morgan fingerprint density at radius 2 is 1.85 bits per heavy atom. The Kier molecular flexibility index (Phi) is 8.29. The Morgan fingerprint density at radius 1 is 1.38 bits per heavy atom. The van der Waals surface area contributed by atoms with Crippen molar-refractivity contribution in [2.75, 3.05) is 25.7 Å². The summed E-state index contributed by atoms with van der Waals surface area (Å²) in [4.78, 5) is 0. The predicted octanol–water partition coefficient (Wildman–Crippen LogP) is 1.10. The van der Waals surface area contributed by atoms with Gasteiger partial charge in [-0.15, -0.1) is 7.92 Å². The van der Waals surface area contributed by atoms with Crippen LogP contribution in [-0.2, 0) is 14.3 Å². The molecule has 0 aliphatic heterocycles. The summed E-state index contributed by atoms with van der Waals surface area (Å²) in [6, 6.07) is 0. The maximum Gasteiger partial charge on any atom is 0.264 e. The van der Waals surface area contributed by atoms with Crippen molar-refractivity contribution in [3.8, 4) is 0 Å². The van der Waals surface area contributed by atoms with Gasteiger partial charge in [0.15, 0.2) is 0 Å². The minimum Gasteiger partial charge on any atom is -0.270 e. The molecule has 0 N–H and O–H groups in total. The molecule has 0 unspecified atom stereocenters. The topological polar surface area (TPSA) is 43.4 Å². The monoisotopic (exact) mass is 223 g/mol. The van der Waals surface area contributed by atoms with E-state index in [0.29, 0.717) is 12.3 Å². The molecular weight excluding hydrogens is 206 g/mol. The summed E-state index contributed by atoms with van der Waals surface area (Å²) < 4.78 is 25.8. The zero-order chi connectivity index (χ0) is 9.78. The van der Waals surface area contributed by atoms with E-state index < -0.39 is 10.1 Å². The molecule has 0 rings (SSSR count). The summed E-state index contributed by atoms with van der Waals surface area (Å²) in [6.45, 7) is 6.78. The van der Waals surface area contributed by atoms with Crippen LogP contribution in [0.3, 0.4) is 0 Å². The fourth-order valence-electron chi connectivity index (χ4n) is 0.591. The van der Waals surface area contributed by atoms with E-state index in [9.17, 15) is 8.42 Å². The number of hydrogen-bond acceptors (Lipinski definition) is 3. The second kappa shape index (κ2) is 6.80. The molecule has 0 heterocycles. The molecule has 77 valence electrons. The first-order chi connectivity index (χ1) is 5.33. The molecular formula is C7H17BO3PS. The average molecular weight is 223 g/mol. The van der Waals surface area contributed by atoms with Crippen molar-refractivity contribution in [2.24, 2.45) is 0 Å². The van der Waals surface area contributed by atoms with Gasteiger partial charge in [0.2, 0.25) is 0 Å². The molecule has 6 heteroatoms. The quantitative estimate of drug-likeness (QED) is 0.398. The van der Waals surface area contributed by atoms with Crippen molar-refractivity contribution in [2.45, 2.75) is 19.5 Å². The Labute approximate surface area is 84.7 Å². The van der Waals surface area contributed by atoms with Gasteiger partial charge in [-0.1, -0.05) is 13.8 Å². The van der Waals surface area contributed by atoms with Crippen LogP contribution < -0.4 is 0 Å². The van der Waals surface area contributed by atoms with Gasteiger partial charge in [0.25, 0.3) is 10.1 Å². The molecule has 13 heavy (non-hydrogen) atoms. The van der Waals surface area contributed by atoms with Crippen LogP contribution in [0.4, 0.5) is 0 Å². The molecule has 3 nitrogen and oxygen atoms in total. The molecule has 0 saturated carbocycles. The van der Waals surface area contributed by atoms with E-state index in [0.717, 1.165) is 12.4 Å². The Balaban J connectivity index is 0. The highest BCUT2D eigenvalue weighted by molar-refractivity contribution is 7.86. The van der Waals surface area contributed by atoms with Crippen molar-refractivity contribution in [1.82, 2.24) is 0 Å². The van der Waals surface area contributed by atoms with Crippen LogP contribution in [0.5, 0.6) is 0 Å². The molecule has 0 bridgehead atoms. The van der Waals surface area contributed by atoms with E-state index >= 15 is 0 Å². The average Bonchev–Trinajstić information content (AvgIpc) is 1.84. The van der Waals surface area contributed by atoms with Crippen molar-refractivity contribution >= 4 is 26.5 Å². The second-order valence-electron chi connectivity index (χ2n) is 3.10.